The minimum Gasteiger partial charge on any atom is -0.280 e. The molecule has 1 nitrogen and oxygen atoms in total. The van der Waals surface area contributed by atoms with Crippen LogP contribution in [0.5, 0.6) is 0 Å². The van der Waals surface area contributed by atoms with E-state index in [2.05, 4.69) is 123 Å². The van der Waals surface area contributed by atoms with Crippen molar-refractivity contribution >= 4 is 23.2 Å². The number of rotatable bonds is 10. The van der Waals surface area contributed by atoms with E-state index in [9.17, 15) is 0 Å². The summed E-state index contributed by atoms with van der Waals surface area (Å²) in [7, 11) is -1.80. The summed E-state index contributed by atoms with van der Waals surface area (Å²) in [5.41, 5.74) is 2.64. The molecule has 0 aliphatic heterocycles. The van der Waals surface area contributed by atoms with E-state index >= 15 is 0 Å². The summed E-state index contributed by atoms with van der Waals surface area (Å²) in [5, 5.41) is 8.07. The van der Waals surface area contributed by atoms with Crippen LogP contribution in [-0.4, -0.2) is 12.8 Å². The van der Waals surface area contributed by atoms with Crippen LogP contribution in [-0.2, 0) is 0 Å². The Kier molecular flexibility index (Phi) is 8.20. The second kappa shape index (κ2) is 11.1. The molecule has 0 saturated heterocycles. The summed E-state index contributed by atoms with van der Waals surface area (Å²) in [6.45, 7) is 9.23. The molecule has 0 fully saturated rings. The van der Waals surface area contributed by atoms with Crippen molar-refractivity contribution in [3.8, 4) is 0 Å². The molecule has 0 amide bonds. The lowest BCUT2D eigenvalue weighted by Gasteiger charge is -2.28. The Morgan fingerprint density at radius 3 is 1.60 bits per heavy atom. The summed E-state index contributed by atoms with van der Waals surface area (Å²) in [4.78, 5) is 0. The van der Waals surface area contributed by atoms with Crippen LogP contribution < -0.4 is 21.2 Å². The average molecular weight is 415 g/mol. The van der Waals surface area contributed by atoms with Crippen LogP contribution in [0.15, 0.2) is 115 Å². The summed E-state index contributed by atoms with van der Waals surface area (Å²) >= 11 is 0. The van der Waals surface area contributed by atoms with Gasteiger partial charge in [0, 0.05) is 6.54 Å². The van der Waals surface area contributed by atoms with E-state index in [1.807, 2.05) is 0 Å². The van der Waals surface area contributed by atoms with Crippen molar-refractivity contribution in [1.29, 1.82) is 0 Å². The highest BCUT2D eigenvalue weighted by Gasteiger charge is 2.44. The largest absolute Gasteiger partial charge is 0.280 e. The van der Waals surface area contributed by atoms with E-state index in [0.717, 1.165) is 25.7 Å². The molecule has 0 bridgehead atoms. The Hall–Kier alpha value is -2.47. The van der Waals surface area contributed by atoms with E-state index in [-0.39, 0.29) is 0 Å². The van der Waals surface area contributed by atoms with Gasteiger partial charge in [-0.2, -0.15) is 0 Å². The molecule has 0 saturated carbocycles. The third-order valence-corrected chi connectivity index (χ3v) is 9.64. The van der Waals surface area contributed by atoms with Crippen LogP contribution in [0.2, 0.25) is 0 Å². The molecule has 0 atom stereocenters. The number of hydrogen-bond donors (Lipinski definition) is 1. The fraction of sp³-hybridized carbons (Fsp3) is 0.214. The highest BCUT2D eigenvalue weighted by atomic mass is 31.2. The smallest absolute Gasteiger partial charge is 0.126 e. The molecule has 0 radical (unpaired) electrons. The third kappa shape index (κ3) is 5.57. The molecule has 0 spiro atoms. The maximum atomic E-state index is 4.01. The van der Waals surface area contributed by atoms with Crippen LogP contribution in [0.4, 0.5) is 0 Å². The van der Waals surface area contributed by atoms with Gasteiger partial charge in [0.1, 0.15) is 29.5 Å². The Bertz CT molecular complexity index is 849. The van der Waals surface area contributed by atoms with Crippen LogP contribution in [0.1, 0.15) is 26.7 Å². The highest BCUT2D eigenvalue weighted by Crippen LogP contribution is 2.54. The van der Waals surface area contributed by atoms with Gasteiger partial charge >= 0.3 is 0 Å². The molecule has 154 valence electrons. The van der Waals surface area contributed by atoms with E-state index < -0.39 is 7.26 Å². The summed E-state index contributed by atoms with van der Waals surface area (Å²) < 4.78 is 0. The number of nitrogens with one attached hydrogen (secondary N) is 1. The molecular weight excluding hydrogens is 381 g/mol. The Balaban J connectivity index is 1.94. The molecule has 3 aromatic carbocycles. The predicted molar refractivity (Wildman–Crippen MR) is 136 cm³/mol. The minimum atomic E-state index is -1.80. The van der Waals surface area contributed by atoms with Gasteiger partial charge in [-0.25, -0.2) is 0 Å². The first kappa shape index (κ1) is 22.2. The maximum Gasteiger partial charge on any atom is 0.126 e. The van der Waals surface area contributed by atoms with Gasteiger partial charge in [0.15, 0.2) is 0 Å². The van der Waals surface area contributed by atoms with Gasteiger partial charge in [0.25, 0.3) is 0 Å². The average Bonchev–Trinajstić information content (AvgIpc) is 2.78. The predicted octanol–water partition coefficient (Wildman–Crippen LogP) is 5.83. The molecule has 3 rings (SSSR count). The molecule has 3 aromatic rings. The van der Waals surface area contributed by atoms with Crippen LogP contribution in [0.3, 0.4) is 0 Å². The van der Waals surface area contributed by atoms with Crippen molar-refractivity contribution < 1.29 is 0 Å². The van der Waals surface area contributed by atoms with Gasteiger partial charge in [-0.15, -0.1) is 6.58 Å². The van der Waals surface area contributed by atoms with Crippen molar-refractivity contribution in [1.82, 2.24) is 5.32 Å². The standard InChI is InChI=1S/C28H33NP/c1-24(2)14-13-15-25(3)22-29-23-30(26-16-7-4-8-17-26,27-18-9-5-10-19-27)28-20-11-6-12-21-28/h4-12,15-21,29H,1,13-14,22-23H2,2-3H3/q+1. The summed E-state index contributed by atoms with van der Waals surface area (Å²) in [6.07, 6.45) is 5.41. The van der Waals surface area contributed by atoms with Crippen molar-refractivity contribution in [3.05, 3.63) is 115 Å². The van der Waals surface area contributed by atoms with Crippen LogP contribution >= 0.6 is 7.26 Å². The molecule has 1 N–H and O–H groups in total. The second-order valence-electron chi connectivity index (χ2n) is 7.95. The van der Waals surface area contributed by atoms with Gasteiger partial charge in [0.05, 0.1) is 0 Å². The Morgan fingerprint density at radius 1 is 0.767 bits per heavy atom. The SMILES string of the molecule is C=C(C)CCC=C(C)CNC[P+](c1ccccc1)(c1ccccc1)c1ccccc1. The Labute approximate surface area is 182 Å². The Morgan fingerprint density at radius 2 is 1.20 bits per heavy atom. The van der Waals surface area contributed by atoms with Gasteiger partial charge in [-0.3, -0.25) is 5.32 Å². The summed E-state index contributed by atoms with van der Waals surface area (Å²) in [5.74, 6) is 0. The first-order chi connectivity index (χ1) is 14.6. The van der Waals surface area contributed by atoms with Crippen molar-refractivity contribution in [3.63, 3.8) is 0 Å². The van der Waals surface area contributed by atoms with Gasteiger partial charge in [0.2, 0.25) is 0 Å². The lowest BCUT2D eigenvalue weighted by atomic mass is 10.1. The van der Waals surface area contributed by atoms with Crippen molar-refractivity contribution in [2.75, 3.05) is 12.8 Å². The minimum absolute atomic E-state index is 0.907. The fourth-order valence-corrected chi connectivity index (χ4v) is 7.76. The van der Waals surface area contributed by atoms with Crippen LogP contribution in [0, 0.1) is 0 Å². The van der Waals surface area contributed by atoms with E-state index in [0.29, 0.717) is 0 Å². The number of hydrogen-bond acceptors (Lipinski definition) is 1. The topological polar surface area (TPSA) is 12.0 Å². The normalized spacial score (nSPS) is 12.0. The molecule has 0 aromatic heterocycles. The molecule has 0 aliphatic carbocycles. The van der Waals surface area contributed by atoms with Crippen molar-refractivity contribution in [2.24, 2.45) is 0 Å². The second-order valence-corrected chi connectivity index (χ2v) is 11.4. The monoisotopic (exact) mass is 414 g/mol. The van der Waals surface area contributed by atoms with Crippen LogP contribution in [0.25, 0.3) is 0 Å². The lowest BCUT2D eigenvalue weighted by molar-refractivity contribution is 0.839. The van der Waals surface area contributed by atoms with E-state index in [1.54, 1.807) is 0 Å². The lowest BCUT2D eigenvalue weighted by Crippen LogP contribution is -2.38. The highest BCUT2D eigenvalue weighted by molar-refractivity contribution is 7.95. The number of allylic oxidation sites excluding steroid dienone is 2. The van der Waals surface area contributed by atoms with Gasteiger partial charge < -0.3 is 0 Å². The van der Waals surface area contributed by atoms with Gasteiger partial charge in [-0.1, -0.05) is 71.8 Å². The van der Waals surface area contributed by atoms with Crippen molar-refractivity contribution in [2.45, 2.75) is 26.7 Å². The zero-order chi connectivity index (χ0) is 21.2. The first-order valence-corrected chi connectivity index (χ1v) is 12.7. The number of benzene rings is 3. The maximum absolute atomic E-state index is 4.01. The molecular formula is C28H33NP+. The first-order valence-electron chi connectivity index (χ1n) is 10.7. The molecule has 0 aliphatic rings. The molecule has 2 heteroatoms. The van der Waals surface area contributed by atoms with Gasteiger partial charge in [-0.05, 0) is 63.1 Å². The summed E-state index contributed by atoms with van der Waals surface area (Å²) in [6, 6.07) is 33.1. The fourth-order valence-electron chi connectivity index (χ4n) is 3.83. The quantitative estimate of drug-likeness (QED) is 0.325. The third-order valence-electron chi connectivity index (χ3n) is 5.41. The molecule has 0 unspecified atom stereocenters. The molecule has 30 heavy (non-hydrogen) atoms. The van der Waals surface area contributed by atoms with E-state index in [4.69, 9.17) is 0 Å². The zero-order valence-electron chi connectivity index (χ0n) is 18.2. The van der Waals surface area contributed by atoms with E-state index in [1.165, 1.54) is 27.1 Å². The zero-order valence-corrected chi connectivity index (χ0v) is 19.1. The molecule has 0 heterocycles.